The third-order valence-corrected chi connectivity index (χ3v) is 2.80. The normalized spacial score (nSPS) is 29.5. The number of aliphatic hydroxyl groups excluding tert-OH is 2. The van der Waals surface area contributed by atoms with E-state index in [2.05, 4.69) is 6.92 Å². The van der Waals surface area contributed by atoms with Gasteiger partial charge < -0.3 is 14.9 Å². The van der Waals surface area contributed by atoms with Crippen LogP contribution in [0.1, 0.15) is 33.1 Å². The van der Waals surface area contributed by atoms with E-state index in [0.717, 1.165) is 19.3 Å². The van der Waals surface area contributed by atoms with Crippen LogP contribution in [-0.2, 0) is 4.74 Å². The zero-order valence-corrected chi connectivity index (χ0v) is 8.49. The van der Waals surface area contributed by atoms with Gasteiger partial charge in [-0.2, -0.15) is 0 Å². The Morgan fingerprint density at radius 2 is 1.92 bits per heavy atom. The minimum Gasteiger partial charge on any atom is -0.396 e. The molecule has 0 aromatic rings. The van der Waals surface area contributed by atoms with E-state index in [1.165, 1.54) is 0 Å². The van der Waals surface area contributed by atoms with Crippen molar-refractivity contribution in [2.24, 2.45) is 5.41 Å². The largest absolute Gasteiger partial charge is 0.396 e. The van der Waals surface area contributed by atoms with Crippen LogP contribution in [-0.4, -0.2) is 35.6 Å². The summed E-state index contributed by atoms with van der Waals surface area (Å²) in [5.74, 6) is 0. The van der Waals surface area contributed by atoms with Gasteiger partial charge in [0.25, 0.3) is 0 Å². The Hall–Kier alpha value is -0.120. The van der Waals surface area contributed by atoms with Gasteiger partial charge in [-0.3, -0.25) is 0 Å². The molecule has 0 amide bonds. The van der Waals surface area contributed by atoms with Crippen LogP contribution in [0, 0.1) is 5.41 Å². The van der Waals surface area contributed by atoms with Gasteiger partial charge in [0.2, 0.25) is 0 Å². The number of hydrogen-bond donors (Lipinski definition) is 2. The van der Waals surface area contributed by atoms with Gasteiger partial charge in [-0.05, 0) is 26.2 Å². The molecule has 13 heavy (non-hydrogen) atoms. The quantitative estimate of drug-likeness (QED) is 0.690. The zero-order valence-electron chi connectivity index (χ0n) is 8.49. The van der Waals surface area contributed by atoms with Crippen LogP contribution >= 0.6 is 0 Å². The fraction of sp³-hybridized carbons (Fsp3) is 1.00. The molecule has 1 heterocycles. The monoisotopic (exact) mass is 188 g/mol. The van der Waals surface area contributed by atoms with Crippen LogP contribution in [0.4, 0.5) is 0 Å². The number of rotatable bonds is 4. The summed E-state index contributed by atoms with van der Waals surface area (Å²) in [5.41, 5.74) is -0.380. The van der Waals surface area contributed by atoms with Crippen molar-refractivity contribution >= 4 is 0 Å². The molecule has 2 atom stereocenters. The molecule has 0 aliphatic carbocycles. The molecule has 0 bridgehead atoms. The molecule has 2 N–H and O–H groups in total. The van der Waals surface area contributed by atoms with E-state index in [-0.39, 0.29) is 24.7 Å². The van der Waals surface area contributed by atoms with Crippen molar-refractivity contribution < 1.29 is 14.9 Å². The fourth-order valence-corrected chi connectivity index (χ4v) is 1.76. The van der Waals surface area contributed by atoms with E-state index >= 15 is 0 Å². The molecular weight excluding hydrogens is 168 g/mol. The summed E-state index contributed by atoms with van der Waals surface area (Å²) in [7, 11) is 0. The Kier molecular flexibility index (Phi) is 3.71. The van der Waals surface area contributed by atoms with Gasteiger partial charge in [-0.25, -0.2) is 0 Å². The predicted octanol–water partition coefficient (Wildman–Crippen LogP) is 0.935. The first kappa shape index (κ1) is 11.0. The highest BCUT2D eigenvalue weighted by molar-refractivity contribution is 4.80. The van der Waals surface area contributed by atoms with E-state index in [4.69, 9.17) is 14.9 Å². The van der Waals surface area contributed by atoms with Crippen molar-refractivity contribution in [2.75, 3.05) is 13.2 Å². The summed E-state index contributed by atoms with van der Waals surface area (Å²) in [6.07, 6.45) is 3.46. The Morgan fingerprint density at radius 3 is 2.31 bits per heavy atom. The molecule has 1 aliphatic heterocycles. The smallest absolute Gasteiger partial charge is 0.0586 e. The molecule has 0 aromatic heterocycles. The lowest BCUT2D eigenvalue weighted by molar-refractivity contribution is -0.0117. The SMILES string of the molecule is CC1CCC(CC(C)(CO)CO)O1. The van der Waals surface area contributed by atoms with Crippen molar-refractivity contribution in [1.29, 1.82) is 0 Å². The van der Waals surface area contributed by atoms with Crippen LogP contribution < -0.4 is 0 Å². The van der Waals surface area contributed by atoms with E-state index in [1.807, 2.05) is 6.92 Å². The van der Waals surface area contributed by atoms with Crippen molar-refractivity contribution in [3.05, 3.63) is 0 Å². The zero-order chi connectivity index (χ0) is 9.90. The molecule has 1 aliphatic rings. The number of hydrogen-bond acceptors (Lipinski definition) is 3. The minimum atomic E-state index is -0.380. The van der Waals surface area contributed by atoms with Crippen LogP contribution in [0.5, 0.6) is 0 Å². The highest BCUT2D eigenvalue weighted by Crippen LogP contribution is 2.30. The van der Waals surface area contributed by atoms with E-state index < -0.39 is 0 Å². The topological polar surface area (TPSA) is 49.7 Å². The summed E-state index contributed by atoms with van der Waals surface area (Å²) in [4.78, 5) is 0. The average Bonchev–Trinajstić information content (AvgIpc) is 2.51. The van der Waals surface area contributed by atoms with Crippen molar-refractivity contribution in [3.63, 3.8) is 0 Å². The second kappa shape index (κ2) is 4.40. The second-order valence-electron chi connectivity index (χ2n) is 4.48. The summed E-state index contributed by atoms with van der Waals surface area (Å²) in [6.45, 7) is 4.00. The van der Waals surface area contributed by atoms with Crippen molar-refractivity contribution in [2.45, 2.75) is 45.3 Å². The third kappa shape index (κ3) is 2.93. The second-order valence-corrected chi connectivity index (χ2v) is 4.48. The standard InChI is InChI=1S/C10H20O3/c1-8-3-4-9(13-8)5-10(2,6-11)7-12/h8-9,11-12H,3-7H2,1-2H3. The fourth-order valence-electron chi connectivity index (χ4n) is 1.76. The van der Waals surface area contributed by atoms with E-state index in [9.17, 15) is 0 Å². The lowest BCUT2D eigenvalue weighted by Crippen LogP contribution is -2.31. The van der Waals surface area contributed by atoms with E-state index in [0.29, 0.717) is 6.10 Å². The van der Waals surface area contributed by atoms with Gasteiger partial charge in [-0.15, -0.1) is 0 Å². The Morgan fingerprint density at radius 1 is 1.31 bits per heavy atom. The average molecular weight is 188 g/mol. The highest BCUT2D eigenvalue weighted by atomic mass is 16.5. The first-order valence-electron chi connectivity index (χ1n) is 4.97. The summed E-state index contributed by atoms with van der Waals surface area (Å²) in [5, 5.41) is 18.2. The number of ether oxygens (including phenoxy) is 1. The molecule has 3 heteroatoms. The maximum atomic E-state index is 9.10. The number of aliphatic hydroxyl groups is 2. The Labute approximate surface area is 79.7 Å². The lowest BCUT2D eigenvalue weighted by atomic mass is 9.85. The minimum absolute atomic E-state index is 0.0255. The van der Waals surface area contributed by atoms with Gasteiger partial charge in [0.05, 0.1) is 25.4 Å². The molecule has 1 saturated heterocycles. The summed E-state index contributed by atoms with van der Waals surface area (Å²) >= 11 is 0. The molecule has 0 aromatic carbocycles. The Bertz CT molecular complexity index is 154. The van der Waals surface area contributed by atoms with Crippen LogP contribution in [0.3, 0.4) is 0 Å². The van der Waals surface area contributed by atoms with Crippen molar-refractivity contribution in [3.8, 4) is 0 Å². The third-order valence-electron chi connectivity index (χ3n) is 2.80. The van der Waals surface area contributed by atoms with E-state index in [1.54, 1.807) is 0 Å². The molecule has 0 spiro atoms. The molecule has 0 saturated carbocycles. The maximum absolute atomic E-state index is 9.10. The van der Waals surface area contributed by atoms with Crippen LogP contribution in [0.15, 0.2) is 0 Å². The molecule has 1 fully saturated rings. The molecule has 0 radical (unpaired) electrons. The summed E-state index contributed by atoms with van der Waals surface area (Å²) in [6, 6.07) is 0. The predicted molar refractivity (Wildman–Crippen MR) is 50.5 cm³/mol. The first-order chi connectivity index (χ1) is 6.09. The first-order valence-corrected chi connectivity index (χ1v) is 4.97. The van der Waals surface area contributed by atoms with Gasteiger partial charge in [0.1, 0.15) is 0 Å². The van der Waals surface area contributed by atoms with Gasteiger partial charge >= 0.3 is 0 Å². The van der Waals surface area contributed by atoms with Gasteiger partial charge in [0.15, 0.2) is 0 Å². The van der Waals surface area contributed by atoms with Gasteiger partial charge in [-0.1, -0.05) is 6.92 Å². The molecule has 1 rings (SSSR count). The molecule has 2 unspecified atom stereocenters. The van der Waals surface area contributed by atoms with Crippen LogP contribution in [0.25, 0.3) is 0 Å². The van der Waals surface area contributed by atoms with Gasteiger partial charge in [0, 0.05) is 5.41 Å². The van der Waals surface area contributed by atoms with Crippen LogP contribution in [0.2, 0.25) is 0 Å². The summed E-state index contributed by atoms with van der Waals surface area (Å²) < 4.78 is 5.64. The highest BCUT2D eigenvalue weighted by Gasteiger charge is 2.31. The Balaban J connectivity index is 2.38. The maximum Gasteiger partial charge on any atom is 0.0586 e. The van der Waals surface area contributed by atoms with Crippen molar-refractivity contribution in [1.82, 2.24) is 0 Å². The molecule has 78 valence electrons. The lowest BCUT2D eigenvalue weighted by Gasteiger charge is -2.27. The molecule has 3 nitrogen and oxygen atoms in total. The molecular formula is C10H20O3.